The second-order valence-electron chi connectivity index (χ2n) is 4.87. The van der Waals surface area contributed by atoms with Crippen LogP contribution in [0.3, 0.4) is 0 Å². The Morgan fingerprint density at radius 2 is 1.88 bits per heavy atom. The minimum atomic E-state index is -0.399. The lowest BCUT2D eigenvalue weighted by Gasteiger charge is -2.24. The van der Waals surface area contributed by atoms with Gasteiger partial charge in [-0.3, -0.25) is 9.59 Å². The van der Waals surface area contributed by atoms with Crippen LogP contribution in [0.25, 0.3) is 0 Å². The lowest BCUT2D eigenvalue weighted by molar-refractivity contribution is -0.129. The van der Waals surface area contributed by atoms with Gasteiger partial charge in [0.15, 0.2) is 0 Å². The van der Waals surface area contributed by atoms with Gasteiger partial charge >= 0.3 is 0 Å². The van der Waals surface area contributed by atoms with Gasteiger partial charge in [-0.1, -0.05) is 12.8 Å². The molecule has 4 N–H and O–H groups in total. The Kier molecular flexibility index (Phi) is 5.41. The van der Waals surface area contributed by atoms with Gasteiger partial charge in [-0.25, -0.2) is 0 Å². The van der Waals surface area contributed by atoms with Crippen LogP contribution in [0.2, 0.25) is 0 Å². The molecule has 0 aromatic rings. The summed E-state index contributed by atoms with van der Waals surface area (Å²) in [6.45, 7) is 3.71. The summed E-state index contributed by atoms with van der Waals surface area (Å²) < 4.78 is 0. The fraction of sp³-hybridized carbons (Fsp3) is 0.833. The molecule has 1 aliphatic rings. The van der Waals surface area contributed by atoms with Crippen molar-refractivity contribution in [2.24, 2.45) is 11.7 Å². The lowest BCUT2D eigenvalue weighted by Crippen LogP contribution is -2.52. The van der Waals surface area contributed by atoms with Gasteiger partial charge in [-0.05, 0) is 25.7 Å². The van der Waals surface area contributed by atoms with E-state index in [1.165, 1.54) is 6.92 Å². The summed E-state index contributed by atoms with van der Waals surface area (Å²) in [5.41, 5.74) is 5.47. The Balaban J connectivity index is 2.60. The highest BCUT2D eigenvalue weighted by molar-refractivity contribution is 5.87. The van der Waals surface area contributed by atoms with Gasteiger partial charge in [-0.15, -0.1) is 0 Å². The molecule has 1 rings (SSSR count). The highest BCUT2D eigenvalue weighted by Crippen LogP contribution is 2.27. The van der Waals surface area contributed by atoms with Crippen LogP contribution >= 0.6 is 0 Å². The Hall–Kier alpha value is -1.10. The molecule has 98 valence electrons. The van der Waals surface area contributed by atoms with Crippen molar-refractivity contribution >= 4 is 11.8 Å². The van der Waals surface area contributed by atoms with E-state index in [0.29, 0.717) is 6.54 Å². The average Bonchev–Trinajstić information content (AvgIpc) is 2.78. The molecule has 1 saturated carbocycles. The zero-order chi connectivity index (χ0) is 12.8. The predicted octanol–water partition coefficient (Wildman–Crippen LogP) is 0.145. The van der Waals surface area contributed by atoms with Crippen molar-refractivity contribution in [2.45, 2.75) is 51.6 Å². The molecule has 1 unspecified atom stereocenters. The molecule has 2 atom stereocenters. The molecular formula is C12H23N3O2. The van der Waals surface area contributed by atoms with E-state index < -0.39 is 6.04 Å². The molecule has 2 amide bonds. The fourth-order valence-electron chi connectivity index (χ4n) is 2.30. The molecule has 0 bridgehead atoms. The van der Waals surface area contributed by atoms with Crippen LogP contribution in [0.15, 0.2) is 0 Å². The molecule has 5 nitrogen and oxygen atoms in total. The van der Waals surface area contributed by atoms with Crippen LogP contribution in [-0.2, 0) is 9.59 Å². The van der Waals surface area contributed by atoms with Gasteiger partial charge in [0.2, 0.25) is 11.8 Å². The second-order valence-corrected chi connectivity index (χ2v) is 4.87. The van der Waals surface area contributed by atoms with E-state index in [1.54, 1.807) is 0 Å². The minimum Gasteiger partial charge on any atom is -0.351 e. The lowest BCUT2D eigenvalue weighted by atomic mass is 9.97. The van der Waals surface area contributed by atoms with Gasteiger partial charge in [0, 0.05) is 19.5 Å². The summed E-state index contributed by atoms with van der Waals surface area (Å²) in [7, 11) is 0. The smallest absolute Gasteiger partial charge is 0.243 e. The van der Waals surface area contributed by atoms with E-state index in [-0.39, 0.29) is 23.8 Å². The molecule has 5 heteroatoms. The summed E-state index contributed by atoms with van der Waals surface area (Å²) in [6, 6.07) is -0.454. The van der Waals surface area contributed by atoms with Crippen molar-refractivity contribution in [2.75, 3.05) is 6.54 Å². The molecule has 0 saturated heterocycles. The maximum absolute atomic E-state index is 12.1. The maximum Gasteiger partial charge on any atom is 0.243 e. The third-order valence-electron chi connectivity index (χ3n) is 3.25. The number of carbonyl (C=O) groups excluding carboxylic acids is 2. The van der Waals surface area contributed by atoms with Crippen molar-refractivity contribution in [3.63, 3.8) is 0 Å². The van der Waals surface area contributed by atoms with Crippen LogP contribution in [0.4, 0.5) is 0 Å². The van der Waals surface area contributed by atoms with Crippen molar-refractivity contribution in [1.82, 2.24) is 10.6 Å². The van der Waals surface area contributed by atoms with Crippen LogP contribution in [0.5, 0.6) is 0 Å². The van der Waals surface area contributed by atoms with Crippen LogP contribution in [-0.4, -0.2) is 30.4 Å². The molecule has 0 aliphatic heterocycles. The maximum atomic E-state index is 12.1. The molecular weight excluding hydrogens is 218 g/mol. The summed E-state index contributed by atoms with van der Waals surface area (Å²) in [5, 5.41) is 5.59. The minimum absolute atomic E-state index is 0.0554. The van der Waals surface area contributed by atoms with Crippen molar-refractivity contribution in [3.8, 4) is 0 Å². The first-order chi connectivity index (χ1) is 8.04. The summed E-state index contributed by atoms with van der Waals surface area (Å²) in [5.74, 6) is 0.00590. The Morgan fingerprint density at radius 1 is 1.29 bits per heavy atom. The first-order valence-electron chi connectivity index (χ1n) is 6.32. The molecule has 1 fully saturated rings. The molecule has 1 aliphatic carbocycles. The fourth-order valence-corrected chi connectivity index (χ4v) is 2.30. The van der Waals surface area contributed by atoms with Gasteiger partial charge in [0.25, 0.3) is 0 Å². The normalized spacial score (nSPS) is 19.7. The van der Waals surface area contributed by atoms with E-state index in [4.69, 9.17) is 5.73 Å². The van der Waals surface area contributed by atoms with Gasteiger partial charge in [0.05, 0.1) is 0 Å². The number of carbonyl (C=O) groups is 2. The number of rotatable bonds is 5. The SMILES string of the molecule is CC(=O)NC(C(=O)N[C@@H](C)CN)C1CCCC1. The zero-order valence-corrected chi connectivity index (χ0v) is 10.7. The Labute approximate surface area is 103 Å². The van der Waals surface area contributed by atoms with E-state index in [1.807, 2.05) is 6.92 Å². The summed E-state index contributed by atoms with van der Waals surface area (Å²) >= 11 is 0. The summed E-state index contributed by atoms with van der Waals surface area (Å²) in [6.07, 6.45) is 4.30. The molecule has 0 radical (unpaired) electrons. The third-order valence-corrected chi connectivity index (χ3v) is 3.25. The largest absolute Gasteiger partial charge is 0.351 e. The number of hydrogen-bond donors (Lipinski definition) is 3. The molecule has 0 aromatic heterocycles. The van der Waals surface area contributed by atoms with E-state index in [2.05, 4.69) is 10.6 Å². The van der Waals surface area contributed by atoms with Crippen molar-refractivity contribution in [3.05, 3.63) is 0 Å². The van der Waals surface area contributed by atoms with Gasteiger partial charge in [-0.2, -0.15) is 0 Å². The first-order valence-corrected chi connectivity index (χ1v) is 6.32. The summed E-state index contributed by atoms with van der Waals surface area (Å²) in [4.78, 5) is 23.2. The second kappa shape index (κ2) is 6.59. The zero-order valence-electron chi connectivity index (χ0n) is 10.7. The number of hydrogen-bond acceptors (Lipinski definition) is 3. The van der Waals surface area contributed by atoms with Crippen LogP contribution in [0, 0.1) is 5.92 Å². The standard InChI is InChI=1S/C12H23N3O2/c1-8(7-13)14-12(17)11(15-9(2)16)10-5-3-4-6-10/h8,10-11H,3-7,13H2,1-2H3,(H,14,17)(H,15,16)/t8-,11?/m0/s1. The first kappa shape index (κ1) is 14.0. The molecule has 0 aromatic carbocycles. The van der Waals surface area contributed by atoms with Crippen LogP contribution in [0.1, 0.15) is 39.5 Å². The highest BCUT2D eigenvalue weighted by atomic mass is 16.2. The van der Waals surface area contributed by atoms with Crippen molar-refractivity contribution in [1.29, 1.82) is 0 Å². The Morgan fingerprint density at radius 3 is 2.35 bits per heavy atom. The average molecular weight is 241 g/mol. The Bertz CT molecular complexity index is 275. The van der Waals surface area contributed by atoms with Crippen molar-refractivity contribution < 1.29 is 9.59 Å². The molecule has 17 heavy (non-hydrogen) atoms. The monoisotopic (exact) mass is 241 g/mol. The predicted molar refractivity (Wildman–Crippen MR) is 66.2 cm³/mol. The van der Waals surface area contributed by atoms with Crippen LogP contribution < -0.4 is 16.4 Å². The number of nitrogens with two attached hydrogens (primary N) is 1. The molecule has 0 spiro atoms. The topological polar surface area (TPSA) is 84.2 Å². The van der Waals surface area contributed by atoms with E-state index >= 15 is 0 Å². The molecule has 0 heterocycles. The van der Waals surface area contributed by atoms with Gasteiger partial charge in [0.1, 0.15) is 6.04 Å². The van der Waals surface area contributed by atoms with E-state index in [0.717, 1.165) is 25.7 Å². The third kappa shape index (κ3) is 4.34. The highest BCUT2D eigenvalue weighted by Gasteiger charge is 2.31. The van der Waals surface area contributed by atoms with E-state index in [9.17, 15) is 9.59 Å². The number of amides is 2. The quantitative estimate of drug-likeness (QED) is 0.640. The number of nitrogens with one attached hydrogen (secondary N) is 2. The van der Waals surface area contributed by atoms with Gasteiger partial charge < -0.3 is 16.4 Å².